The monoisotopic (exact) mass is 312 g/mol. The van der Waals surface area contributed by atoms with E-state index in [1.165, 1.54) is 0 Å². The fourth-order valence-electron chi connectivity index (χ4n) is 2.87. The number of piperazine rings is 1. The van der Waals surface area contributed by atoms with Crippen molar-refractivity contribution in [2.24, 2.45) is 0 Å². The van der Waals surface area contributed by atoms with Gasteiger partial charge in [0, 0.05) is 37.8 Å². The summed E-state index contributed by atoms with van der Waals surface area (Å²) in [4.78, 5) is 20.1. The molecule has 1 fully saturated rings. The molecule has 120 valence electrons. The van der Waals surface area contributed by atoms with Crippen molar-refractivity contribution in [3.63, 3.8) is 0 Å². The summed E-state index contributed by atoms with van der Waals surface area (Å²) in [6.07, 6.45) is 0. The number of benzene rings is 1. The minimum Gasteiger partial charge on any atom is -0.354 e. The predicted octanol–water partition coefficient (Wildman–Crippen LogP) is 2.80. The SMILES string of the molecule is CCN1CCN(c2ccc([N+](=O)[O-])c(-c3ccccc3)n2)CC1. The largest absolute Gasteiger partial charge is 0.354 e. The van der Waals surface area contributed by atoms with Gasteiger partial charge in [-0.3, -0.25) is 10.1 Å². The zero-order valence-electron chi connectivity index (χ0n) is 13.2. The van der Waals surface area contributed by atoms with Gasteiger partial charge in [0.25, 0.3) is 5.69 Å². The molecular formula is C17H20N4O2. The van der Waals surface area contributed by atoms with Crippen molar-refractivity contribution in [1.82, 2.24) is 9.88 Å². The number of hydrogen-bond acceptors (Lipinski definition) is 5. The second-order valence-electron chi connectivity index (χ2n) is 5.58. The van der Waals surface area contributed by atoms with Gasteiger partial charge in [-0.25, -0.2) is 4.98 Å². The number of nitrogens with zero attached hydrogens (tertiary/aromatic N) is 4. The Bertz CT molecular complexity index is 682. The molecule has 3 rings (SSSR count). The van der Waals surface area contributed by atoms with E-state index in [-0.39, 0.29) is 10.6 Å². The molecule has 0 spiro atoms. The third kappa shape index (κ3) is 3.32. The molecule has 0 saturated carbocycles. The van der Waals surface area contributed by atoms with Gasteiger partial charge in [0.15, 0.2) is 5.69 Å². The molecule has 0 atom stereocenters. The highest BCUT2D eigenvalue weighted by Gasteiger charge is 2.22. The first kappa shape index (κ1) is 15.4. The molecule has 0 radical (unpaired) electrons. The number of hydrogen-bond donors (Lipinski definition) is 0. The number of pyridine rings is 1. The number of anilines is 1. The highest BCUT2D eigenvalue weighted by atomic mass is 16.6. The van der Waals surface area contributed by atoms with Crippen LogP contribution < -0.4 is 4.90 Å². The molecule has 1 aliphatic heterocycles. The maximum atomic E-state index is 11.3. The lowest BCUT2D eigenvalue weighted by molar-refractivity contribution is -0.384. The van der Waals surface area contributed by atoms with Crippen molar-refractivity contribution in [3.05, 3.63) is 52.6 Å². The first-order chi connectivity index (χ1) is 11.2. The molecule has 1 aromatic heterocycles. The van der Waals surface area contributed by atoms with E-state index in [0.717, 1.165) is 44.1 Å². The molecule has 23 heavy (non-hydrogen) atoms. The van der Waals surface area contributed by atoms with E-state index in [1.807, 2.05) is 30.3 Å². The Hall–Kier alpha value is -2.47. The third-order valence-corrected chi connectivity index (χ3v) is 4.25. The summed E-state index contributed by atoms with van der Waals surface area (Å²) in [5, 5.41) is 11.3. The Labute approximate surface area is 135 Å². The second-order valence-corrected chi connectivity index (χ2v) is 5.58. The fraction of sp³-hybridized carbons (Fsp3) is 0.353. The highest BCUT2D eigenvalue weighted by Crippen LogP contribution is 2.30. The summed E-state index contributed by atoms with van der Waals surface area (Å²) >= 11 is 0. The number of likely N-dealkylation sites (N-methyl/N-ethyl adjacent to an activating group) is 1. The third-order valence-electron chi connectivity index (χ3n) is 4.25. The molecule has 0 N–H and O–H groups in total. The van der Waals surface area contributed by atoms with Crippen LogP contribution in [0.5, 0.6) is 0 Å². The van der Waals surface area contributed by atoms with Crippen LogP contribution in [-0.4, -0.2) is 47.5 Å². The van der Waals surface area contributed by atoms with E-state index in [4.69, 9.17) is 0 Å². The standard InChI is InChI=1S/C17H20N4O2/c1-2-19-10-12-20(13-11-19)16-9-8-15(21(22)23)17(18-16)14-6-4-3-5-7-14/h3-9H,2,10-13H2,1H3. The van der Waals surface area contributed by atoms with E-state index in [0.29, 0.717) is 5.69 Å². The Morgan fingerprint density at radius 3 is 2.39 bits per heavy atom. The van der Waals surface area contributed by atoms with E-state index < -0.39 is 0 Å². The zero-order valence-corrected chi connectivity index (χ0v) is 13.2. The minimum absolute atomic E-state index is 0.0483. The number of rotatable bonds is 4. The van der Waals surface area contributed by atoms with E-state index in [2.05, 4.69) is 21.7 Å². The van der Waals surface area contributed by atoms with Crippen LogP contribution in [0.3, 0.4) is 0 Å². The Morgan fingerprint density at radius 2 is 1.78 bits per heavy atom. The molecule has 2 heterocycles. The molecule has 6 nitrogen and oxygen atoms in total. The van der Waals surface area contributed by atoms with Gasteiger partial charge in [0.1, 0.15) is 5.82 Å². The number of aromatic nitrogens is 1. The van der Waals surface area contributed by atoms with Crippen molar-refractivity contribution in [2.75, 3.05) is 37.6 Å². The molecular weight excluding hydrogens is 292 g/mol. The summed E-state index contributed by atoms with van der Waals surface area (Å²) in [5.74, 6) is 0.810. The van der Waals surface area contributed by atoms with Crippen molar-refractivity contribution in [3.8, 4) is 11.3 Å². The van der Waals surface area contributed by atoms with Gasteiger partial charge < -0.3 is 9.80 Å². The highest BCUT2D eigenvalue weighted by molar-refractivity contribution is 5.71. The minimum atomic E-state index is -0.367. The predicted molar refractivity (Wildman–Crippen MR) is 90.7 cm³/mol. The zero-order chi connectivity index (χ0) is 16.2. The topological polar surface area (TPSA) is 62.5 Å². The first-order valence-electron chi connectivity index (χ1n) is 7.87. The molecule has 1 aliphatic rings. The molecule has 2 aromatic rings. The quantitative estimate of drug-likeness (QED) is 0.641. The summed E-state index contributed by atoms with van der Waals surface area (Å²) in [7, 11) is 0. The summed E-state index contributed by atoms with van der Waals surface area (Å²) in [6, 6.07) is 12.7. The average molecular weight is 312 g/mol. The molecule has 0 bridgehead atoms. The van der Waals surface area contributed by atoms with Crippen molar-refractivity contribution >= 4 is 11.5 Å². The lowest BCUT2D eigenvalue weighted by atomic mass is 10.1. The molecule has 6 heteroatoms. The number of nitro groups is 1. The van der Waals surface area contributed by atoms with Crippen LogP contribution in [0.25, 0.3) is 11.3 Å². The van der Waals surface area contributed by atoms with Gasteiger partial charge >= 0.3 is 0 Å². The lowest BCUT2D eigenvalue weighted by Gasteiger charge is -2.34. The van der Waals surface area contributed by atoms with Crippen LogP contribution in [0.15, 0.2) is 42.5 Å². The van der Waals surface area contributed by atoms with Crippen LogP contribution in [0.4, 0.5) is 11.5 Å². The van der Waals surface area contributed by atoms with Crippen LogP contribution in [-0.2, 0) is 0 Å². The molecule has 1 aromatic carbocycles. The Morgan fingerprint density at radius 1 is 1.09 bits per heavy atom. The molecule has 0 amide bonds. The summed E-state index contributed by atoms with van der Waals surface area (Å²) < 4.78 is 0. The lowest BCUT2D eigenvalue weighted by Crippen LogP contribution is -2.46. The van der Waals surface area contributed by atoms with Crippen molar-refractivity contribution in [1.29, 1.82) is 0 Å². The summed E-state index contributed by atoms with van der Waals surface area (Å²) in [5.41, 5.74) is 1.26. The fourth-order valence-corrected chi connectivity index (χ4v) is 2.87. The van der Waals surface area contributed by atoms with Gasteiger partial charge in [0.05, 0.1) is 4.92 Å². The second kappa shape index (κ2) is 6.75. The average Bonchev–Trinajstić information content (AvgIpc) is 2.62. The van der Waals surface area contributed by atoms with E-state index in [9.17, 15) is 10.1 Å². The van der Waals surface area contributed by atoms with Crippen molar-refractivity contribution in [2.45, 2.75) is 6.92 Å². The van der Waals surface area contributed by atoms with Crippen LogP contribution >= 0.6 is 0 Å². The Balaban J connectivity index is 1.93. The molecule has 1 saturated heterocycles. The first-order valence-corrected chi connectivity index (χ1v) is 7.87. The van der Waals surface area contributed by atoms with Crippen molar-refractivity contribution < 1.29 is 4.92 Å². The molecule has 0 unspecified atom stereocenters. The maximum Gasteiger partial charge on any atom is 0.295 e. The van der Waals surface area contributed by atoms with E-state index in [1.54, 1.807) is 12.1 Å². The smallest absolute Gasteiger partial charge is 0.295 e. The normalized spacial score (nSPS) is 15.6. The Kier molecular flexibility index (Phi) is 4.52. The van der Waals surface area contributed by atoms with Gasteiger partial charge in [-0.15, -0.1) is 0 Å². The van der Waals surface area contributed by atoms with E-state index >= 15 is 0 Å². The van der Waals surface area contributed by atoms with Crippen LogP contribution in [0.2, 0.25) is 0 Å². The van der Waals surface area contributed by atoms with Gasteiger partial charge in [-0.2, -0.15) is 0 Å². The summed E-state index contributed by atoms with van der Waals surface area (Å²) in [6.45, 7) is 7.00. The maximum absolute atomic E-state index is 11.3. The van der Waals surface area contributed by atoms with Gasteiger partial charge in [0.2, 0.25) is 0 Å². The van der Waals surface area contributed by atoms with Crippen LogP contribution in [0.1, 0.15) is 6.92 Å². The van der Waals surface area contributed by atoms with Gasteiger partial charge in [-0.1, -0.05) is 37.3 Å². The van der Waals surface area contributed by atoms with Gasteiger partial charge in [-0.05, 0) is 12.6 Å². The van der Waals surface area contributed by atoms with Crippen LogP contribution in [0, 0.1) is 10.1 Å². The molecule has 0 aliphatic carbocycles.